The number of ether oxygens (including phenoxy) is 1. The molecule has 3 rings (SSSR count). The zero-order chi connectivity index (χ0) is 17.8. The van der Waals surface area contributed by atoms with E-state index in [0.717, 1.165) is 5.56 Å². The van der Waals surface area contributed by atoms with Crippen LogP contribution in [-0.2, 0) is 4.74 Å². The van der Waals surface area contributed by atoms with Gasteiger partial charge in [0.15, 0.2) is 5.75 Å². The number of azo groups is 1. The molecule has 0 aliphatic heterocycles. The first-order chi connectivity index (χ1) is 12.1. The molecule has 126 valence electrons. The minimum atomic E-state index is -0.576. The average Bonchev–Trinajstić information content (AvgIpc) is 2.74. The molecular weight excluding hydrogens is 316 g/mol. The molecule has 0 radical (unpaired) electrons. The van der Waals surface area contributed by atoms with E-state index < -0.39 is 5.97 Å². The number of carbonyl (C=O) groups excluding carboxylic acids is 1. The summed E-state index contributed by atoms with van der Waals surface area (Å²) in [5.74, 6) is -0.788. The van der Waals surface area contributed by atoms with Gasteiger partial charge in [0.1, 0.15) is 11.3 Å². The zero-order valence-corrected chi connectivity index (χ0v) is 14.1. The summed E-state index contributed by atoms with van der Waals surface area (Å²) in [5.41, 5.74) is 3.38. The van der Waals surface area contributed by atoms with Crippen LogP contribution in [0.5, 0.6) is 5.75 Å². The Kier molecular flexibility index (Phi) is 4.75. The number of hydrogen-bond donors (Lipinski definition) is 1. The second-order valence-corrected chi connectivity index (χ2v) is 5.57. The van der Waals surface area contributed by atoms with E-state index in [1.165, 1.54) is 0 Å². The third-order valence-electron chi connectivity index (χ3n) is 3.80. The lowest BCUT2D eigenvalue weighted by Gasteiger charge is -2.01. The van der Waals surface area contributed by atoms with Gasteiger partial charge in [-0.3, -0.25) is 0 Å². The Balaban J connectivity index is 2.10. The largest absolute Gasteiger partial charge is 0.505 e. The van der Waals surface area contributed by atoms with Gasteiger partial charge < -0.3 is 9.84 Å². The molecule has 0 bridgehead atoms. The van der Waals surface area contributed by atoms with Gasteiger partial charge in [-0.1, -0.05) is 48.0 Å². The summed E-state index contributed by atoms with van der Waals surface area (Å²) < 4.78 is 5.07. The van der Waals surface area contributed by atoms with Crippen LogP contribution in [0.4, 0.5) is 11.4 Å². The minimum Gasteiger partial charge on any atom is -0.505 e. The van der Waals surface area contributed by atoms with Gasteiger partial charge in [0.25, 0.3) is 0 Å². The van der Waals surface area contributed by atoms with Crippen molar-refractivity contribution in [3.63, 3.8) is 0 Å². The number of nitrogens with zero attached hydrogens (tertiary/aromatic N) is 2. The molecule has 0 unspecified atom stereocenters. The normalized spacial score (nSPS) is 11.1. The van der Waals surface area contributed by atoms with E-state index in [2.05, 4.69) is 10.2 Å². The SMILES string of the molecule is CCOC(=O)c1c2cccccc-2c(N=Nc2ccc(C)cc2)c1O. The van der Waals surface area contributed by atoms with Crippen molar-refractivity contribution in [2.24, 2.45) is 10.2 Å². The van der Waals surface area contributed by atoms with Gasteiger partial charge in [0, 0.05) is 11.1 Å². The maximum atomic E-state index is 12.3. The van der Waals surface area contributed by atoms with Crippen LogP contribution in [0.25, 0.3) is 11.1 Å². The molecule has 25 heavy (non-hydrogen) atoms. The number of benzene rings is 1. The van der Waals surface area contributed by atoms with Crippen molar-refractivity contribution < 1.29 is 14.6 Å². The fraction of sp³-hybridized carbons (Fsp3) is 0.150. The average molecular weight is 334 g/mol. The second-order valence-electron chi connectivity index (χ2n) is 5.57. The van der Waals surface area contributed by atoms with E-state index in [-0.39, 0.29) is 23.6 Å². The topological polar surface area (TPSA) is 71.2 Å². The lowest BCUT2D eigenvalue weighted by molar-refractivity contribution is 0.0524. The van der Waals surface area contributed by atoms with E-state index >= 15 is 0 Å². The number of aromatic hydroxyl groups is 1. The monoisotopic (exact) mass is 334 g/mol. The summed E-state index contributed by atoms with van der Waals surface area (Å²) in [6.45, 7) is 3.94. The summed E-state index contributed by atoms with van der Waals surface area (Å²) >= 11 is 0. The number of esters is 1. The van der Waals surface area contributed by atoms with Crippen LogP contribution in [-0.4, -0.2) is 17.7 Å². The summed E-state index contributed by atoms with van der Waals surface area (Å²) in [5, 5.41) is 18.9. The van der Waals surface area contributed by atoms with Crippen LogP contribution in [0.3, 0.4) is 0 Å². The van der Waals surface area contributed by atoms with Crippen LogP contribution in [0.2, 0.25) is 0 Å². The van der Waals surface area contributed by atoms with E-state index in [0.29, 0.717) is 16.8 Å². The molecule has 2 aliphatic carbocycles. The second kappa shape index (κ2) is 7.13. The van der Waals surface area contributed by atoms with Crippen molar-refractivity contribution >= 4 is 17.3 Å². The number of hydrogen-bond acceptors (Lipinski definition) is 5. The van der Waals surface area contributed by atoms with Crippen molar-refractivity contribution in [1.29, 1.82) is 0 Å². The Morgan fingerprint density at radius 3 is 2.36 bits per heavy atom. The molecule has 1 aromatic rings. The molecule has 0 saturated heterocycles. The van der Waals surface area contributed by atoms with Crippen molar-refractivity contribution in [3.8, 4) is 16.9 Å². The standard InChI is InChI=1S/C20H18N2O3/c1-3-25-20(24)17-15-7-5-4-6-8-16(15)18(19(17)23)22-21-14-11-9-13(2)10-12-14/h4-12,23H,3H2,1-2H3. The summed E-state index contributed by atoms with van der Waals surface area (Å²) in [6.07, 6.45) is 0. The van der Waals surface area contributed by atoms with Gasteiger partial charge in [0.05, 0.1) is 12.3 Å². The van der Waals surface area contributed by atoms with Gasteiger partial charge in [-0.25, -0.2) is 4.79 Å². The molecule has 0 heterocycles. The quantitative estimate of drug-likeness (QED) is 0.513. The van der Waals surface area contributed by atoms with Crippen LogP contribution >= 0.6 is 0 Å². The van der Waals surface area contributed by atoms with Gasteiger partial charge >= 0.3 is 5.97 Å². The number of rotatable bonds is 4. The fourth-order valence-electron chi connectivity index (χ4n) is 2.58. The Hall–Kier alpha value is -3.21. The Morgan fingerprint density at radius 2 is 1.68 bits per heavy atom. The molecule has 2 aliphatic rings. The highest BCUT2D eigenvalue weighted by Gasteiger charge is 2.28. The minimum absolute atomic E-state index is 0.117. The Labute approximate surface area is 146 Å². The number of aryl methyl sites for hydroxylation is 1. The Bertz CT molecular complexity index is 901. The highest BCUT2D eigenvalue weighted by atomic mass is 16.5. The molecule has 0 aromatic heterocycles. The maximum Gasteiger partial charge on any atom is 0.342 e. The van der Waals surface area contributed by atoms with E-state index in [1.807, 2.05) is 43.3 Å². The molecule has 5 heteroatoms. The molecule has 0 saturated carbocycles. The van der Waals surface area contributed by atoms with Gasteiger partial charge in [-0.2, -0.15) is 5.11 Å². The number of fused-ring (bicyclic) bond motifs is 1. The molecular formula is C20H18N2O3. The van der Waals surface area contributed by atoms with E-state index in [4.69, 9.17) is 4.74 Å². The smallest absolute Gasteiger partial charge is 0.342 e. The van der Waals surface area contributed by atoms with Crippen molar-refractivity contribution in [2.75, 3.05) is 6.61 Å². The molecule has 5 nitrogen and oxygen atoms in total. The lowest BCUT2D eigenvalue weighted by atomic mass is 10.1. The molecule has 0 amide bonds. The molecule has 0 atom stereocenters. The van der Waals surface area contributed by atoms with Crippen LogP contribution in [0.15, 0.2) is 64.8 Å². The third-order valence-corrected chi connectivity index (χ3v) is 3.80. The molecule has 1 aromatic carbocycles. The first kappa shape index (κ1) is 16.6. The number of carbonyl (C=O) groups is 1. The molecule has 0 spiro atoms. The van der Waals surface area contributed by atoms with Crippen molar-refractivity contribution in [2.45, 2.75) is 13.8 Å². The van der Waals surface area contributed by atoms with Crippen LogP contribution in [0, 0.1) is 6.92 Å². The highest BCUT2D eigenvalue weighted by molar-refractivity contribution is 6.07. The fourth-order valence-corrected chi connectivity index (χ4v) is 2.58. The van der Waals surface area contributed by atoms with Crippen LogP contribution in [0.1, 0.15) is 22.8 Å². The van der Waals surface area contributed by atoms with Crippen molar-refractivity contribution in [1.82, 2.24) is 0 Å². The zero-order valence-electron chi connectivity index (χ0n) is 14.1. The van der Waals surface area contributed by atoms with Gasteiger partial charge in [-0.15, -0.1) is 5.11 Å². The van der Waals surface area contributed by atoms with Crippen molar-refractivity contribution in [3.05, 3.63) is 65.7 Å². The van der Waals surface area contributed by atoms with Crippen LogP contribution < -0.4 is 0 Å². The summed E-state index contributed by atoms with van der Waals surface area (Å²) in [4.78, 5) is 12.3. The Morgan fingerprint density at radius 1 is 1.00 bits per heavy atom. The van der Waals surface area contributed by atoms with Gasteiger partial charge in [0.2, 0.25) is 0 Å². The lowest BCUT2D eigenvalue weighted by Crippen LogP contribution is -2.04. The summed E-state index contributed by atoms with van der Waals surface area (Å²) in [6, 6.07) is 16.6. The maximum absolute atomic E-state index is 12.3. The summed E-state index contributed by atoms with van der Waals surface area (Å²) in [7, 11) is 0. The van der Waals surface area contributed by atoms with E-state index in [9.17, 15) is 9.90 Å². The van der Waals surface area contributed by atoms with E-state index in [1.54, 1.807) is 25.1 Å². The van der Waals surface area contributed by atoms with Gasteiger partial charge in [-0.05, 0) is 26.0 Å². The predicted octanol–water partition coefficient (Wildman–Crippen LogP) is 5.40. The first-order valence-electron chi connectivity index (χ1n) is 8.01. The molecule has 0 fully saturated rings. The first-order valence-corrected chi connectivity index (χ1v) is 8.01. The predicted molar refractivity (Wildman–Crippen MR) is 96.0 cm³/mol. The molecule has 1 N–H and O–H groups in total. The third kappa shape index (κ3) is 3.35. The highest BCUT2D eigenvalue weighted by Crippen LogP contribution is 2.47.